The Morgan fingerprint density at radius 2 is 1.65 bits per heavy atom. The van der Waals surface area contributed by atoms with E-state index in [4.69, 9.17) is 4.42 Å². The minimum atomic E-state index is 0.168. The highest BCUT2D eigenvalue weighted by atomic mass is 16.4. The lowest BCUT2D eigenvalue weighted by atomic mass is 9.90. The van der Waals surface area contributed by atoms with E-state index in [0.29, 0.717) is 18.3 Å². The Labute approximate surface area is 120 Å². The highest BCUT2D eigenvalue weighted by Crippen LogP contribution is 2.21. The third-order valence-electron chi connectivity index (χ3n) is 4.13. The van der Waals surface area contributed by atoms with Gasteiger partial charge in [-0.3, -0.25) is 0 Å². The summed E-state index contributed by atoms with van der Waals surface area (Å²) in [6.07, 6.45) is 3.29. The first-order valence-corrected chi connectivity index (χ1v) is 7.36. The molecule has 108 valence electrons. The van der Waals surface area contributed by atoms with Gasteiger partial charge in [-0.05, 0) is 31.4 Å². The smallest absolute Gasteiger partial charge is 0.247 e. The van der Waals surface area contributed by atoms with Crippen molar-refractivity contribution in [1.82, 2.24) is 15.5 Å². The fourth-order valence-corrected chi connectivity index (χ4v) is 2.41. The van der Waals surface area contributed by atoms with Gasteiger partial charge in [-0.2, -0.15) is 0 Å². The second kappa shape index (κ2) is 6.66. The van der Waals surface area contributed by atoms with Crippen LogP contribution in [0.1, 0.15) is 45.9 Å². The molecule has 0 saturated carbocycles. The lowest BCUT2D eigenvalue weighted by molar-refractivity contribution is 0.275. The molecule has 0 amide bonds. The van der Waals surface area contributed by atoms with E-state index in [0.717, 1.165) is 24.8 Å². The van der Waals surface area contributed by atoms with Crippen molar-refractivity contribution in [3.63, 3.8) is 0 Å². The fourth-order valence-electron chi connectivity index (χ4n) is 2.41. The molecule has 1 aromatic carbocycles. The summed E-state index contributed by atoms with van der Waals surface area (Å²) < 4.78 is 5.71. The topological polar surface area (TPSA) is 51.0 Å². The van der Waals surface area contributed by atoms with Crippen molar-refractivity contribution in [2.75, 3.05) is 0 Å². The molecule has 0 aliphatic carbocycles. The van der Waals surface area contributed by atoms with Crippen molar-refractivity contribution in [2.24, 2.45) is 0 Å². The Bertz CT molecular complexity index is 509. The normalized spacial score (nSPS) is 11.8. The zero-order valence-corrected chi connectivity index (χ0v) is 12.5. The third-order valence-corrected chi connectivity index (χ3v) is 4.13. The quantitative estimate of drug-likeness (QED) is 0.833. The molecule has 0 saturated heterocycles. The van der Waals surface area contributed by atoms with Crippen LogP contribution in [0, 0.1) is 0 Å². The van der Waals surface area contributed by atoms with Crippen LogP contribution in [0.2, 0.25) is 0 Å². The number of nitrogens with zero attached hydrogens (tertiary/aromatic N) is 2. The summed E-state index contributed by atoms with van der Waals surface area (Å²) >= 11 is 0. The largest absolute Gasteiger partial charge is 0.419 e. The molecular formula is C16H23N3O. The maximum Gasteiger partial charge on any atom is 0.247 e. The standard InChI is InChI=1S/C16H23N3O/c1-4-16(5-2,6-3)17-12-14-18-19-15(20-14)13-10-8-7-9-11-13/h7-11,17H,4-6,12H2,1-3H3. The van der Waals surface area contributed by atoms with Crippen LogP contribution in [0.4, 0.5) is 0 Å². The van der Waals surface area contributed by atoms with E-state index in [9.17, 15) is 0 Å². The molecule has 0 spiro atoms. The van der Waals surface area contributed by atoms with Crippen LogP contribution < -0.4 is 5.32 Å². The Morgan fingerprint density at radius 1 is 1.00 bits per heavy atom. The Hall–Kier alpha value is -1.68. The molecule has 1 heterocycles. The van der Waals surface area contributed by atoms with Crippen molar-refractivity contribution < 1.29 is 4.42 Å². The summed E-state index contributed by atoms with van der Waals surface area (Å²) in [4.78, 5) is 0. The molecule has 2 aromatic rings. The minimum Gasteiger partial charge on any atom is -0.419 e. The van der Waals surface area contributed by atoms with Gasteiger partial charge in [0.25, 0.3) is 0 Å². The summed E-state index contributed by atoms with van der Waals surface area (Å²) in [5, 5.41) is 11.8. The van der Waals surface area contributed by atoms with E-state index in [-0.39, 0.29) is 5.54 Å². The van der Waals surface area contributed by atoms with E-state index in [1.807, 2.05) is 30.3 Å². The number of benzene rings is 1. The molecule has 0 bridgehead atoms. The number of aromatic nitrogens is 2. The minimum absolute atomic E-state index is 0.168. The number of hydrogen-bond acceptors (Lipinski definition) is 4. The highest BCUT2D eigenvalue weighted by Gasteiger charge is 2.23. The second-order valence-corrected chi connectivity index (χ2v) is 5.06. The van der Waals surface area contributed by atoms with Crippen molar-refractivity contribution in [3.8, 4) is 11.5 Å². The first-order valence-electron chi connectivity index (χ1n) is 7.36. The fraction of sp³-hybridized carbons (Fsp3) is 0.500. The van der Waals surface area contributed by atoms with Gasteiger partial charge in [0, 0.05) is 11.1 Å². The average Bonchev–Trinajstić information content (AvgIpc) is 2.99. The first-order chi connectivity index (χ1) is 9.73. The van der Waals surface area contributed by atoms with Gasteiger partial charge in [-0.25, -0.2) is 0 Å². The molecule has 1 aromatic heterocycles. The van der Waals surface area contributed by atoms with E-state index in [2.05, 4.69) is 36.3 Å². The molecule has 4 nitrogen and oxygen atoms in total. The van der Waals surface area contributed by atoms with Gasteiger partial charge in [0.2, 0.25) is 11.8 Å². The lowest BCUT2D eigenvalue weighted by Gasteiger charge is -2.31. The number of nitrogens with one attached hydrogen (secondary N) is 1. The Balaban J connectivity index is 2.03. The van der Waals surface area contributed by atoms with Gasteiger partial charge in [0.05, 0.1) is 6.54 Å². The van der Waals surface area contributed by atoms with E-state index < -0.39 is 0 Å². The third kappa shape index (κ3) is 3.25. The molecule has 0 aliphatic heterocycles. The molecule has 4 heteroatoms. The molecule has 1 N–H and O–H groups in total. The first kappa shape index (κ1) is 14.7. The van der Waals surface area contributed by atoms with Gasteiger partial charge in [0.1, 0.15) is 0 Å². The second-order valence-electron chi connectivity index (χ2n) is 5.06. The van der Waals surface area contributed by atoms with Crippen molar-refractivity contribution in [2.45, 2.75) is 52.1 Å². The van der Waals surface area contributed by atoms with Crippen LogP contribution in [0.5, 0.6) is 0 Å². The van der Waals surface area contributed by atoms with E-state index >= 15 is 0 Å². The molecule has 0 unspecified atom stereocenters. The maximum absolute atomic E-state index is 5.71. The van der Waals surface area contributed by atoms with Gasteiger partial charge < -0.3 is 9.73 Å². The highest BCUT2D eigenvalue weighted by molar-refractivity contribution is 5.51. The van der Waals surface area contributed by atoms with Crippen LogP contribution in [0.25, 0.3) is 11.5 Å². The molecule has 0 radical (unpaired) electrons. The van der Waals surface area contributed by atoms with Crippen LogP contribution in [-0.2, 0) is 6.54 Å². The average molecular weight is 273 g/mol. The summed E-state index contributed by atoms with van der Waals surface area (Å²) in [7, 11) is 0. The lowest BCUT2D eigenvalue weighted by Crippen LogP contribution is -2.43. The number of hydrogen-bond donors (Lipinski definition) is 1. The van der Waals surface area contributed by atoms with Gasteiger partial charge >= 0.3 is 0 Å². The van der Waals surface area contributed by atoms with Crippen LogP contribution in [0.15, 0.2) is 34.7 Å². The van der Waals surface area contributed by atoms with Gasteiger partial charge in [-0.1, -0.05) is 39.0 Å². The molecular weight excluding hydrogens is 250 g/mol. The van der Waals surface area contributed by atoms with E-state index in [1.54, 1.807) is 0 Å². The van der Waals surface area contributed by atoms with Crippen molar-refractivity contribution in [1.29, 1.82) is 0 Å². The van der Waals surface area contributed by atoms with Crippen LogP contribution in [0.3, 0.4) is 0 Å². The predicted molar refractivity (Wildman–Crippen MR) is 80.2 cm³/mol. The SMILES string of the molecule is CCC(CC)(CC)NCc1nnc(-c2ccccc2)o1. The molecule has 0 fully saturated rings. The zero-order valence-electron chi connectivity index (χ0n) is 12.5. The summed E-state index contributed by atoms with van der Waals surface area (Å²) in [5.41, 5.74) is 1.13. The monoisotopic (exact) mass is 273 g/mol. The summed E-state index contributed by atoms with van der Waals surface area (Å²) in [6.45, 7) is 7.25. The molecule has 2 rings (SSSR count). The van der Waals surface area contributed by atoms with Crippen molar-refractivity contribution >= 4 is 0 Å². The van der Waals surface area contributed by atoms with E-state index in [1.165, 1.54) is 0 Å². The van der Waals surface area contributed by atoms with Crippen molar-refractivity contribution in [3.05, 3.63) is 36.2 Å². The Morgan fingerprint density at radius 3 is 2.25 bits per heavy atom. The molecule has 0 atom stereocenters. The summed E-state index contributed by atoms with van der Waals surface area (Å²) in [6, 6.07) is 9.85. The maximum atomic E-state index is 5.71. The Kier molecular flexibility index (Phi) is 4.90. The number of rotatable bonds is 7. The summed E-state index contributed by atoms with van der Waals surface area (Å²) in [5.74, 6) is 1.22. The van der Waals surface area contributed by atoms with Gasteiger partial charge in [-0.15, -0.1) is 10.2 Å². The van der Waals surface area contributed by atoms with Gasteiger partial charge in [0.15, 0.2) is 0 Å². The molecule has 0 aliphatic rings. The molecule has 20 heavy (non-hydrogen) atoms. The zero-order chi connectivity index (χ0) is 14.4. The van der Waals surface area contributed by atoms with Crippen LogP contribution in [-0.4, -0.2) is 15.7 Å². The van der Waals surface area contributed by atoms with Crippen LogP contribution >= 0.6 is 0 Å². The predicted octanol–water partition coefficient (Wildman–Crippen LogP) is 3.80.